The molecule has 0 unspecified atom stereocenters. The van der Waals surface area contributed by atoms with Crippen molar-refractivity contribution in [2.24, 2.45) is 5.16 Å². The van der Waals surface area contributed by atoms with Crippen molar-refractivity contribution in [1.82, 2.24) is 14.7 Å². The Bertz CT molecular complexity index is 1360. The Labute approximate surface area is 219 Å². The number of oxime groups is 1. The van der Waals surface area contributed by atoms with Crippen molar-refractivity contribution in [3.63, 3.8) is 0 Å². The number of carbonyl (C=O) groups is 1. The molecule has 0 atom stereocenters. The largest absolute Gasteiger partial charge is 0.477 e. The zero-order valence-electron chi connectivity index (χ0n) is 21.1. The lowest BCUT2D eigenvalue weighted by atomic mass is 9.86. The Morgan fingerprint density at radius 1 is 1.24 bits per heavy atom. The van der Waals surface area contributed by atoms with E-state index in [1.807, 2.05) is 4.68 Å². The molecule has 5 rings (SSSR count). The van der Waals surface area contributed by atoms with Crippen LogP contribution in [-0.2, 0) is 16.9 Å². The number of nitrogens with one attached hydrogen (secondary N) is 1. The average Bonchev–Trinajstić information content (AvgIpc) is 3.47. The number of halogens is 2. The number of likely N-dealkylation sites (tertiary alicyclic amines) is 1. The second kappa shape index (κ2) is 9.54. The number of pyridine rings is 1. The van der Waals surface area contributed by atoms with Crippen LogP contribution in [0.4, 0.5) is 4.39 Å². The quantitative estimate of drug-likeness (QED) is 0.517. The molecular formula is C27H30ClFN5O3+. The Kier molecular flexibility index (Phi) is 6.53. The van der Waals surface area contributed by atoms with Crippen molar-refractivity contribution in [3.8, 4) is 11.3 Å². The summed E-state index contributed by atoms with van der Waals surface area (Å²) in [5, 5.41) is 18.4. The first-order valence-corrected chi connectivity index (χ1v) is 12.7. The molecule has 1 spiro atoms. The van der Waals surface area contributed by atoms with E-state index in [4.69, 9.17) is 26.6 Å². The summed E-state index contributed by atoms with van der Waals surface area (Å²) in [6.45, 7) is 8.64. The SMILES string of the molecule is CC(C)(C)n1cc(CN2CCC3(CC2)CC(c2ccc(C(=O)O)c[nH+]2)=NO3)c(-c2ccc(F)c(Cl)c2)n1. The standard InChI is InChI=1S/C27H29ClFN5O3/c1-26(2,3)34-16-19(24(31-34)17-4-6-21(29)20(28)12-17)15-33-10-8-27(9-11-33)13-23(32-37-27)22-7-5-18(14-30-22)25(35)36/h4-7,12,14,16H,8-11,13,15H2,1-3H3,(H,35,36)/p+1. The molecular weight excluding hydrogens is 497 g/mol. The summed E-state index contributed by atoms with van der Waals surface area (Å²) in [5.41, 5.74) is 3.87. The van der Waals surface area contributed by atoms with Gasteiger partial charge in [0, 0.05) is 62.3 Å². The van der Waals surface area contributed by atoms with E-state index in [-0.39, 0.29) is 21.7 Å². The molecule has 3 aromatic rings. The molecule has 2 aromatic heterocycles. The number of aromatic nitrogens is 3. The van der Waals surface area contributed by atoms with Gasteiger partial charge < -0.3 is 9.94 Å². The lowest BCUT2D eigenvalue weighted by Crippen LogP contribution is -2.44. The average molecular weight is 527 g/mol. The first kappa shape index (κ1) is 25.4. The van der Waals surface area contributed by atoms with Gasteiger partial charge in [0.05, 0.1) is 16.3 Å². The molecule has 194 valence electrons. The Balaban J connectivity index is 1.28. The number of carboxylic acids is 1. The van der Waals surface area contributed by atoms with Gasteiger partial charge in [-0.2, -0.15) is 5.10 Å². The first-order valence-electron chi connectivity index (χ1n) is 12.3. The van der Waals surface area contributed by atoms with Crippen LogP contribution in [0.2, 0.25) is 5.02 Å². The summed E-state index contributed by atoms with van der Waals surface area (Å²) >= 11 is 6.08. The van der Waals surface area contributed by atoms with Gasteiger partial charge in [0.15, 0.2) is 11.9 Å². The highest BCUT2D eigenvalue weighted by Gasteiger charge is 2.43. The summed E-state index contributed by atoms with van der Waals surface area (Å²) < 4.78 is 15.8. The van der Waals surface area contributed by atoms with Crippen molar-refractivity contribution < 1.29 is 24.1 Å². The van der Waals surface area contributed by atoms with Crippen molar-refractivity contribution in [2.75, 3.05) is 13.1 Å². The fraction of sp³-hybridized carbons (Fsp3) is 0.407. The minimum atomic E-state index is -0.977. The molecule has 0 aliphatic carbocycles. The highest BCUT2D eigenvalue weighted by molar-refractivity contribution is 6.31. The van der Waals surface area contributed by atoms with Crippen molar-refractivity contribution in [2.45, 2.75) is 57.7 Å². The Morgan fingerprint density at radius 3 is 2.62 bits per heavy atom. The van der Waals surface area contributed by atoms with Gasteiger partial charge in [-0.25, -0.2) is 14.2 Å². The number of H-pyrrole nitrogens is 1. The topological polar surface area (TPSA) is 94.1 Å². The number of hydrogen-bond donors (Lipinski definition) is 1. The van der Waals surface area contributed by atoms with E-state index in [2.05, 4.69) is 42.0 Å². The van der Waals surface area contributed by atoms with Crippen molar-refractivity contribution in [1.29, 1.82) is 0 Å². The van der Waals surface area contributed by atoms with E-state index in [0.29, 0.717) is 13.0 Å². The van der Waals surface area contributed by atoms with Crippen LogP contribution in [0.25, 0.3) is 11.3 Å². The third-order valence-electron chi connectivity index (χ3n) is 7.04. The molecule has 1 saturated heterocycles. The lowest BCUT2D eigenvalue weighted by molar-refractivity contribution is -0.380. The molecule has 2 aliphatic heterocycles. The molecule has 10 heteroatoms. The number of aromatic carboxylic acids is 1. The van der Waals surface area contributed by atoms with Gasteiger partial charge in [0.2, 0.25) is 5.69 Å². The van der Waals surface area contributed by atoms with E-state index in [0.717, 1.165) is 54.2 Å². The monoisotopic (exact) mass is 526 g/mol. The van der Waals surface area contributed by atoms with Crippen LogP contribution < -0.4 is 4.98 Å². The summed E-state index contributed by atoms with van der Waals surface area (Å²) in [6.07, 6.45) is 5.85. The second-order valence-corrected chi connectivity index (χ2v) is 11.2. The van der Waals surface area contributed by atoms with E-state index >= 15 is 0 Å². The fourth-order valence-corrected chi connectivity index (χ4v) is 4.97. The predicted molar refractivity (Wildman–Crippen MR) is 137 cm³/mol. The number of rotatable bonds is 5. The zero-order chi connectivity index (χ0) is 26.4. The number of nitrogens with zero attached hydrogens (tertiary/aromatic N) is 4. The maximum atomic E-state index is 13.8. The molecule has 1 fully saturated rings. The van der Waals surface area contributed by atoms with Crippen molar-refractivity contribution >= 4 is 23.3 Å². The number of carboxylic acid groups (broad SMARTS) is 1. The number of hydrogen-bond acceptors (Lipinski definition) is 5. The van der Waals surface area contributed by atoms with E-state index in [9.17, 15) is 9.18 Å². The third kappa shape index (κ3) is 5.24. The number of piperidine rings is 1. The summed E-state index contributed by atoms with van der Waals surface area (Å²) in [5.74, 6) is -1.42. The highest BCUT2D eigenvalue weighted by Crippen LogP contribution is 2.37. The Hall–Kier alpha value is -3.30. The molecule has 0 bridgehead atoms. The molecule has 0 amide bonds. The number of benzene rings is 1. The van der Waals surface area contributed by atoms with Gasteiger partial charge in [-0.1, -0.05) is 16.8 Å². The van der Waals surface area contributed by atoms with Crippen LogP contribution in [0.3, 0.4) is 0 Å². The van der Waals surface area contributed by atoms with Crippen LogP contribution in [0.1, 0.15) is 61.6 Å². The van der Waals surface area contributed by atoms with Crippen molar-refractivity contribution in [3.05, 3.63) is 70.4 Å². The van der Waals surface area contributed by atoms with E-state index < -0.39 is 11.8 Å². The third-order valence-corrected chi connectivity index (χ3v) is 7.33. The molecule has 4 heterocycles. The van der Waals surface area contributed by atoms with Gasteiger partial charge in [-0.15, -0.1) is 0 Å². The van der Waals surface area contributed by atoms with Gasteiger partial charge in [0.25, 0.3) is 0 Å². The second-order valence-electron chi connectivity index (χ2n) is 10.8. The normalized spacial score (nSPS) is 17.6. The van der Waals surface area contributed by atoms with Crippen LogP contribution in [-0.4, -0.2) is 50.2 Å². The fourth-order valence-electron chi connectivity index (χ4n) is 4.79. The Morgan fingerprint density at radius 2 is 2.00 bits per heavy atom. The molecule has 8 nitrogen and oxygen atoms in total. The molecule has 2 aliphatic rings. The van der Waals surface area contributed by atoms with Crippen LogP contribution in [0.5, 0.6) is 0 Å². The highest BCUT2D eigenvalue weighted by atomic mass is 35.5. The smallest absolute Gasteiger partial charge is 0.341 e. The minimum Gasteiger partial charge on any atom is -0.477 e. The van der Waals surface area contributed by atoms with Crippen LogP contribution >= 0.6 is 11.6 Å². The van der Waals surface area contributed by atoms with Gasteiger partial charge in [-0.05, 0) is 45.0 Å². The van der Waals surface area contributed by atoms with E-state index in [1.54, 1.807) is 24.3 Å². The van der Waals surface area contributed by atoms with Crippen LogP contribution in [0.15, 0.2) is 47.9 Å². The summed E-state index contributed by atoms with van der Waals surface area (Å²) in [7, 11) is 0. The summed E-state index contributed by atoms with van der Waals surface area (Å²) in [4.78, 5) is 22.5. The maximum Gasteiger partial charge on any atom is 0.341 e. The molecule has 0 saturated carbocycles. The predicted octanol–water partition coefficient (Wildman–Crippen LogP) is 4.77. The van der Waals surface area contributed by atoms with E-state index in [1.165, 1.54) is 12.3 Å². The first-order chi connectivity index (χ1) is 17.5. The van der Waals surface area contributed by atoms with Crippen LogP contribution in [0, 0.1) is 5.82 Å². The zero-order valence-corrected chi connectivity index (χ0v) is 21.8. The van der Waals surface area contributed by atoms with Gasteiger partial charge in [-0.3, -0.25) is 9.58 Å². The molecule has 2 N–H and O–H groups in total. The molecule has 37 heavy (non-hydrogen) atoms. The maximum absolute atomic E-state index is 13.8. The summed E-state index contributed by atoms with van der Waals surface area (Å²) in [6, 6.07) is 8.02. The molecule has 0 radical (unpaired) electrons. The van der Waals surface area contributed by atoms with Gasteiger partial charge in [0.1, 0.15) is 17.0 Å². The number of aromatic amines is 1. The minimum absolute atomic E-state index is 0.0812. The molecule has 1 aromatic carbocycles. The lowest BCUT2D eigenvalue weighted by Gasteiger charge is -2.37. The van der Waals surface area contributed by atoms with Gasteiger partial charge >= 0.3 is 5.97 Å².